The Morgan fingerprint density at radius 3 is 2.80 bits per heavy atom. The standard InChI is InChI=1S/C15H18N4O/c16-15(20)12-9-18-13-4-2-1-3-11(13)14(12)19-10-5-7-17-8-6-10/h1-4,9-10,17H,5-8H2,(H2,16,20)(H,18,19). The molecule has 0 radical (unpaired) electrons. The zero-order valence-electron chi connectivity index (χ0n) is 11.2. The van der Waals surface area contributed by atoms with E-state index < -0.39 is 5.91 Å². The monoisotopic (exact) mass is 270 g/mol. The second kappa shape index (κ2) is 5.46. The molecule has 20 heavy (non-hydrogen) atoms. The number of aromatic nitrogens is 1. The van der Waals surface area contributed by atoms with Gasteiger partial charge in [-0.05, 0) is 32.0 Å². The van der Waals surface area contributed by atoms with Crippen LogP contribution in [0, 0.1) is 0 Å². The van der Waals surface area contributed by atoms with Gasteiger partial charge >= 0.3 is 0 Å². The lowest BCUT2D eigenvalue weighted by atomic mass is 10.0. The number of primary amides is 1. The molecule has 5 heteroatoms. The summed E-state index contributed by atoms with van der Waals surface area (Å²) in [5.74, 6) is -0.445. The Morgan fingerprint density at radius 1 is 1.30 bits per heavy atom. The lowest BCUT2D eigenvalue weighted by Crippen LogP contribution is -2.35. The van der Waals surface area contributed by atoms with E-state index in [0.29, 0.717) is 11.6 Å². The SMILES string of the molecule is NC(=O)c1cnc2ccccc2c1NC1CCNCC1. The molecule has 0 aliphatic carbocycles. The quantitative estimate of drug-likeness (QED) is 0.789. The van der Waals surface area contributed by atoms with Crippen LogP contribution in [-0.2, 0) is 0 Å². The highest BCUT2D eigenvalue weighted by atomic mass is 16.1. The second-order valence-corrected chi connectivity index (χ2v) is 5.10. The van der Waals surface area contributed by atoms with E-state index in [1.54, 1.807) is 6.20 Å². The predicted molar refractivity (Wildman–Crippen MR) is 79.8 cm³/mol. The number of fused-ring (bicyclic) bond motifs is 1. The maximum atomic E-state index is 11.6. The van der Waals surface area contributed by atoms with Gasteiger partial charge in [-0.1, -0.05) is 18.2 Å². The van der Waals surface area contributed by atoms with Gasteiger partial charge in [0.25, 0.3) is 5.91 Å². The number of carbonyl (C=O) groups excluding carboxylic acids is 1. The first-order valence-corrected chi connectivity index (χ1v) is 6.90. The molecule has 0 unspecified atom stereocenters. The van der Waals surface area contributed by atoms with Crippen molar-refractivity contribution in [3.05, 3.63) is 36.0 Å². The zero-order chi connectivity index (χ0) is 13.9. The summed E-state index contributed by atoms with van der Waals surface area (Å²) in [4.78, 5) is 15.9. The number of para-hydroxylation sites is 1. The molecule has 1 fully saturated rings. The van der Waals surface area contributed by atoms with Crippen molar-refractivity contribution >= 4 is 22.5 Å². The maximum absolute atomic E-state index is 11.6. The van der Waals surface area contributed by atoms with E-state index in [0.717, 1.165) is 42.5 Å². The van der Waals surface area contributed by atoms with Gasteiger partial charge in [0, 0.05) is 17.6 Å². The Hall–Kier alpha value is -2.14. The predicted octanol–water partition coefficient (Wildman–Crippen LogP) is 1.50. The summed E-state index contributed by atoms with van der Waals surface area (Å²) in [6, 6.07) is 8.15. The number of rotatable bonds is 3. The van der Waals surface area contributed by atoms with Crippen LogP contribution < -0.4 is 16.4 Å². The van der Waals surface area contributed by atoms with Crippen molar-refractivity contribution < 1.29 is 4.79 Å². The molecule has 3 rings (SSSR count). The molecule has 2 aromatic rings. The molecule has 1 aromatic heterocycles. The number of piperidine rings is 1. The van der Waals surface area contributed by atoms with Crippen LogP contribution in [0.2, 0.25) is 0 Å². The zero-order valence-corrected chi connectivity index (χ0v) is 11.2. The average molecular weight is 270 g/mol. The van der Waals surface area contributed by atoms with Gasteiger partial charge in [0.05, 0.1) is 16.8 Å². The molecule has 1 aliphatic heterocycles. The molecule has 2 heterocycles. The topological polar surface area (TPSA) is 80.0 Å². The number of benzene rings is 1. The Bertz CT molecular complexity index is 635. The smallest absolute Gasteiger partial charge is 0.252 e. The van der Waals surface area contributed by atoms with E-state index in [1.165, 1.54) is 0 Å². The van der Waals surface area contributed by atoms with E-state index in [2.05, 4.69) is 15.6 Å². The van der Waals surface area contributed by atoms with Crippen LogP contribution in [0.25, 0.3) is 10.9 Å². The molecule has 1 saturated heterocycles. The van der Waals surface area contributed by atoms with Crippen LogP contribution >= 0.6 is 0 Å². The van der Waals surface area contributed by atoms with Gasteiger partial charge in [0.1, 0.15) is 0 Å². The fraction of sp³-hybridized carbons (Fsp3) is 0.333. The third-order valence-electron chi connectivity index (χ3n) is 3.73. The molecular weight excluding hydrogens is 252 g/mol. The van der Waals surface area contributed by atoms with E-state index in [-0.39, 0.29) is 0 Å². The van der Waals surface area contributed by atoms with Crippen molar-refractivity contribution in [1.82, 2.24) is 10.3 Å². The van der Waals surface area contributed by atoms with Gasteiger partial charge in [-0.15, -0.1) is 0 Å². The highest BCUT2D eigenvalue weighted by molar-refractivity contribution is 6.06. The lowest BCUT2D eigenvalue weighted by Gasteiger charge is -2.26. The minimum Gasteiger partial charge on any atom is -0.381 e. The number of amides is 1. The minimum absolute atomic E-state index is 0.361. The number of anilines is 1. The van der Waals surface area contributed by atoms with Gasteiger partial charge in [0.15, 0.2) is 0 Å². The molecule has 1 aliphatic rings. The number of nitrogens with zero attached hydrogens (tertiary/aromatic N) is 1. The summed E-state index contributed by atoms with van der Waals surface area (Å²) in [7, 11) is 0. The number of hydrogen-bond acceptors (Lipinski definition) is 4. The second-order valence-electron chi connectivity index (χ2n) is 5.10. The molecule has 0 atom stereocenters. The Labute approximate surface area is 117 Å². The first-order chi connectivity index (χ1) is 9.75. The fourth-order valence-electron chi connectivity index (χ4n) is 2.65. The van der Waals surface area contributed by atoms with Crippen LogP contribution in [0.3, 0.4) is 0 Å². The normalized spacial score (nSPS) is 16.2. The minimum atomic E-state index is -0.445. The highest BCUT2D eigenvalue weighted by Gasteiger charge is 2.18. The van der Waals surface area contributed by atoms with E-state index >= 15 is 0 Å². The van der Waals surface area contributed by atoms with Crippen molar-refractivity contribution in [3.63, 3.8) is 0 Å². The maximum Gasteiger partial charge on any atom is 0.252 e. The van der Waals surface area contributed by atoms with E-state index in [9.17, 15) is 4.79 Å². The average Bonchev–Trinajstić information content (AvgIpc) is 2.48. The summed E-state index contributed by atoms with van der Waals surface area (Å²) < 4.78 is 0. The largest absolute Gasteiger partial charge is 0.381 e. The first-order valence-electron chi connectivity index (χ1n) is 6.90. The summed E-state index contributed by atoms with van der Waals surface area (Å²) in [6.07, 6.45) is 3.64. The van der Waals surface area contributed by atoms with Gasteiger partial charge in [-0.2, -0.15) is 0 Å². The molecule has 5 nitrogen and oxygen atoms in total. The molecular formula is C15H18N4O. The molecule has 1 aromatic carbocycles. The third-order valence-corrected chi connectivity index (χ3v) is 3.73. The van der Waals surface area contributed by atoms with Gasteiger partial charge in [-0.3, -0.25) is 9.78 Å². The third kappa shape index (κ3) is 2.44. The number of nitrogens with two attached hydrogens (primary N) is 1. The van der Waals surface area contributed by atoms with Crippen LogP contribution in [0.5, 0.6) is 0 Å². The Morgan fingerprint density at radius 2 is 2.05 bits per heavy atom. The number of carbonyl (C=O) groups is 1. The van der Waals surface area contributed by atoms with Gasteiger partial charge in [0.2, 0.25) is 0 Å². The van der Waals surface area contributed by atoms with Crippen LogP contribution in [-0.4, -0.2) is 30.0 Å². The van der Waals surface area contributed by atoms with Crippen LogP contribution in [0.1, 0.15) is 23.2 Å². The van der Waals surface area contributed by atoms with Gasteiger partial charge in [-0.25, -0.2) is 0 Å². The summed E-state index contributed by atoms with van der Waals surface area (Å²) in [5.41, 5.74) is 7.62. The molecule has 104 valence electrons. The van der Waals surface area contributed by atoms with Crippen molar-refractivity contribution in [2.75, 3.05) is 18.4 Å². The van der Waals surface area contributed by atoms with Gasteiger partial charge < -0.3 is 16.4 Å². The summed E-state index contributed by atoms with van der Waals surface area (Å²) in [6.45, 7) is 1.99. The number of pyridine rings is 1. The molecule has 1 amide bonds. The van der Waals surface area contributed by atoms with Crippen molar-refractivity contribution in [2.24, 2.45) is 5.73 Å². The van der Waals surface area contributed by atoms with Crippen LogP contribution in [0.4, 0.5) is 5.69 Å². The summed E-state index contributed by atoms with van der Waals surface area (Å²) in [5, 5.41) is 7.77. The molecule has 4 N–H and O–H groups in total. The highest BCUT2D eigenvalue weighted by Crippen LogP contribution is 2.27. The van der Waals surface area contributed by atoms with Crippen molar-refractivity contribution in [1.29, 1.82) is 0 Å². The molecule has 0 bridgehead atoms. The Balaban J connectivity index is 2.04. The van der Waals surface area contributed by atoms with E-state index in [4.69, 9.17) is 5.73 Å². The fourth-order valence-corrected chi connectivity index (χ4v) is 2.65. The van der Waals surface area contributed by atoms with Crippen molar-refractivity contribution in [3.8, 4) is 0 Å². The number of nitrogens with one attached hydrogen (secondary N) is 2. The van der Waals surface area contributed by atoms with Crippen LogP contribution in [0.15, 0.2) is 30.5 Å². The van der Waals surface area contributed by atoms with Crippen molar-refractivity contribution in [2.45, 2.75) is 18.9 Å². The molecule has 0 spiro atoms. The molecule has 0 saturated carbocycles. The summed E-state index contributed by atoms with van der Waals surface area (Å²) >= 11 is 0. The first kappa shape index (κ1) is 12.9. The number of hydrogen-bond donors (Lipinski definition) is 3. The van der Waals surface area contributed by atoms with E-state index in [1.807, 2.05) is 24.3 Å². The Kier molecular flexibility index (Phi) is 3.52. The lowest BCUT2D eigenvalue weighted by molar-refractivity contribution is 0.100.